The van der Waals surface area contributed by atoms with Crippen LogP contribution in [0.1, 0.15) is 40.5 Å². The highest BCUT2D eigenvalue weighted by atomic mass is 32.2. The molecule has 1 heterocycles. The molecule has 0 amide bonds. The first-order valence-electron chi connectivity index (χ1n) is 7.45. The number of aromatic nitrogens is 2. The second-order valence-corrected chi connectivity index (χ2v) is 6.90. The topological polar surface area (TPSA) is 70.1 Å². The van der Waals surface area contributed by atoms with Crippen LogP contribution < -0.4 is 10.6 Å². The molecular weight excluding hydrogens is 284 g/mol. The van der Waals surface area contributed by atoms with Gasteiger partial charge in [0.15, 0.2) is 5.16 Å². The first-order valence-corrected chi connectivity index (χ1v) is 8.67. The Labute approximate surface area is 132 Å². The van der Waals surface area contributed by atoms with E-state index < -0.39 is 0 Å². The zero-order chi connectivity index (χ0) is 15.9. The van der Waals surface area contributed by atoms with E-state index in [0.717, 1.165) is 29.8 Å². The molecule has 120 valence electrons. The van der Waals surface area contributed by atoms with E-state index >= 15 is 0 Å². The molecule has 0 aliphatic carbocycles. The molecule has 1 unspecified atom stereocenters. The highest BCUT2D eigenvalue weighted by Crippen LogP contribution is 2.26. The van der Waals surface area contributed by atoms with Crippen molar-refractivity contribution in [3.8, 4) is 0 Å². The molecule has 5 nitrogen and oxygen atoms in total. The van der Waals surface area contributed by atoms with Crippen LogP contribution in [0.5, 0.6) is 0 Å². The summed E-state index contributed by atoms with van der Waals surface area (Å²) < 4.78 is 0. The van der Waals surface area contributed by atoms with E-state index in [1.54, 1.807) is 0 Å². The third-order valence-corrected chi connectivity index (χ3v) is 3.78. The molecule has 0 fully saturated rings. The monoisotopic (exact) mass is 312 g/mol. The average molecular weight is 312 g/mol. The highest BCUT2D eigenvalue weighted by Gasteiger charge is 2.24. The Balaban J connectivity index is 2.93. The summed E-state index contributed by atoms with van der Waals surface area (Å²) in [5, 5.41) is 16.8. The van der Waals surface area contributed by atoms with Crippen molar-refractivity contribution in [1.29, 1.82) is 0 Å². The van der Waals surface area contributed by atoms with Gasteiger partial charge >= 0.3 is 0 Å². The number of nitrogens with one attached hydrogen (secondary N) is 2. The van der Waals surface area contributed by atoms with E-state index in [4.69, 9.17) is 0 Å². The van der Waals surface area contributed by atoms with E-state index in [1.807, 2.05) is 12.3 Å². The first-order chi connectivity index (χ1) is 9.90. The van der Waals surface area contributed by atoms with E-state index in [0.29, 0.717) is 6.42 Å². The number of hydrogen-bond donors (Lipinski definition) is 3. The fourth-order valence-electron chi connectivity index (χ4n) is 1.96. The van der Waals surface area contributed by atoms with Crippen LogP contribution in [0.2, 0.25) is 0 Å². The lowest BCUT2D eigenvalue weighted by molar-refractivity contribution is 0.235. The zero-order valence-electron chi connectivity index (χ0n) is 13.7. The summed E-state index contributed by atoms with van der Waals surface area (Å²) in [5.74, 6) is 1.65. The molecule has 0 aromatic carbocycles. The average Bonchev–Trinajstić information content (AvgIpc) is 2.43. The zero-order valence-corrected chi connectivity index (χ0v) is 14.5. The molecular formula is C15H28N4OS. The molecule has 6 heteroatoms. The van der Waals surface area contributed by atoms with Crippen molar-refractivity contribution in [3.63, 3.8) is 0 Å². The first kappa shape index (κ1) is 18.0. The molecule has 1 aromatic rings. The van der Waals surface area contributed by atoms with Crippen LogP contribution in [0, 0.1) is 5.41 Å². The van der Waals surface area contributed by atoms with Crippen molar-refractivity contribution in [1.82, 2.24) is 9.97 Å². The SMILES string of the molecule is CCCNc1cc(NC(CCO)C(C)(C)C)nc(SC)n1. The molecule has 1 atom stereocenters. The Kier molecular flexibility index (Phi) is 7.25. The van der Waals surface area contributed by atoms with Gasteiger partial charge in [-0.15, -0.1) is 0 Å². The summed E-state index contributed by atoms with van der Waals surface area (Å²) in [4.78, 5) is 8.97. The van der Waals surface area contributed by atoms with Gasteiger partial charge in [0.25, 0.3) is 0 Å². The van der Waals surface area contributed by atoms with Gasteiger partial charge in [-0.1, -0.05) is 39.5 Å². The maximum atomic E-state index is 9.26. The lowest BCUT2D eigenvalue weighted by atomic mass is 9.85. The molecule has 0 spiro atoms. The number of thioether (sulfide) groups is 1. The smallest absolute Gasteiger partial charge is 0.191 e. The Morgan fingerprint density at radius 2 is 1.95 bits per heavy atom. The van der Waals surface area contributed by atoms with Crippen molar-refractivity contribution in [2.75, 3.05) is 30.0 Å². The van der Waals surface area contributed by atoms with Crippen molar-refractivity contribution >= 4 is 23.4 Å². The van der Waals surface area contributed by atoms with Gasteiger partial charge in [-0.25, -0.2) is 9.97 Å². The quantitative estimate of drug-likeness (QED) is 0.506. The maximum Gasteiger partial charge on any atom is 0.191 e. The summed E-state index contributed by atoms with van der Waals surface area (Å²) in [5.41, 5.74) is 0.0458. The second-order valence-electron chi connectivity index (χ2n) is 6.13. The molecule has 1 rings (SSSR count). The lowest BCUT2D eigenvalue weighted by Gasteiger charge is -2.31. The number of rotatable bonds is 8. The standard InChI is InChI=1S/C15H28N4OS/c1-6-8-16-12-10-13(19-14(18-12)21-5)17-11(7-9-20)15(2,3)4/h10-11,20H,6-9H2,1-5H3,(H2,16,17,18,19). The number of nitrogens with zero attached hydrogens (tertiary/aromatic N) is 2. The molecule has 0 aliphatic heterocycles. The van der Waals surface area contributed by atoms with Gasteiger partial charge in [-0.05, 0) is 24.5 Å². The van der Waals surface area contributed by atoms with Gasteiger partial charge in [-0.2, -0.15) is 0 Å². The fourth-order valence-corrected chi connectivity index (χ4v) is 2.34. The van der Waals surface area contributed by atoms with E-state index in [1.165, 1.54) is 11.8 Å². The highest BCUT2D eigenvalue weighted by molar-refractivity contribution is 7.98. The Morgan fingerprint density at radius 1 is 1.29 bits per heavy atom. The van der Waals surface area contributed by atoms with Crippen LogP contribution in [0.15, 0.2) is 11.2 Å². The summed E-state index contributed by atoms with van der Waals surface area (Å²) in [6, 6.07) is 2.09. The third-order valence-electron chi connectivity index (χ3n) is 3.23. The third kappa shape index (κ3) is 6.09. The van der Waals surface area contributed by atoms with Crippen LogP contribution in [0.25, 0.3) is 0 Å². The van der Waals surface area contributed by atoms with Crippen LogP contribution in [0.4, 0.5) is 11.6 Å². The van der Waals surface area contributed by atoms with Crippen molar-refractivity contribution < 1.29 is 5.11 Å². The Morgan fingerprint density at radius 3 is 2.48 bits per heavy atom. The minimum Gasteiger partial charge on any atom is -0.396 e. The van der Waals surface area contributed by atoms with Gasteiger partial charge in [0.2, 0.25) is 0 Å². The molecule has 21 heavy (non-hydrogen) atoms. The predicted octanol–water partition coefficient (Wildman–Crippen LogP) is 3.23. The summed E-state index contributed by atoms with van der Waals surface area (Å²) >= 11 is 1.53. The van der Waals surface area contributed by atoms with Crippen molar-refractivity contribution in [3.05, 3.63) is 6.07 Å². The number of hydrogen-bond acceptors (Lipinski definition) is 6. The summed E-state index contributed by atoms with van der Waals surface area (Å²) in [7, 11) is 0. The number of aliphatic hydroxyl groups excluding tert-OH is 1. The molecule has 0 bridgehead atoms. The van der Waals surface area contributed by atoms with Crippen LogP contribution in [-0.4, -0.2) is 40.5 Å². The van der Waals surface area contributed by atoms with Crippen molar-refractivity contribution in [2.45, 2.75) is 51.7 Å². The van der Waals surface area contributed by atoms with Crippen molar-refractivity contribution in [2.24, 2.45) is 5.41 Å². The molecule has 0 saturated carbocycles. The van der Waals surface area contributed by atoms with Crippen LogP contribution >= 0.6 is 11.8 Å². The number of anilines is 2. The van der Waals surface area contributed by atoms with Gasteiger partial charge in [-0.3, -0.25) is 0 Å². The van der Waals surface area contributed by atoms with E-state index in [2.05, 4.69) is 48.3 Å². The molecule has 0 radical (unpaired) electrons. The predicted molar refractivity (Wildman–Crippen MR) is 91.2 cm³/mol. The normalized spacial score (nSPS) is 13.0. The second kappa shape index (κ2) is 8.44. The molecule has 1 aromatic heterocycles. The van der Waals surface area contributed by atoms with Gasteiger partial charge < -0.3 is 15.7 Å². The summed E-state index contributed by atoms with van der Waals surface area (Å²) in [6.07, 6.45) is 3.72. The number of aliphatic hydroxyl groups is 1. The largest absolute Gasteiger partial charge is 0.396 e. The van der Waals surface area contributed by atoms with Crippen LogP contribution in [-0.2, 0) is 0 Å². The minimum atomic E-state index is 0.0458. The fraction of sp³-hybridized carbons (Fsp3) is 0.733. The van der Waals surface area contributed by atoms with Gasteiger partial charge in [0.1, 0.15) is 11.6 Å². The Hall–Kier alpha value is -1.01. The molecule has 0 saturated heterocycles. The lowest BCUT2D eigenvalue weighted by Crippen LogP contribution is -2.35. The van der Waals surface area contributed by atoms with E-state index in [-0.39, 0.29) is 18.1 Å². The Bertz CT molecular complexity index is 434. The summed E-state index contributed by atoms with van der Waals surface area (Å²) in [6.45, 7) is 9.66. The maximum absolute atomic E-state index is 9.26. The minimum absolute atomic E-state index is 0.0458. The molecule has 3 N–H and O–H groups in total. The van der Waals surface area contributed by atoms with Gasteiger partial charge in [0.05, 0.1) is 0 Å². The van der Waals surface area contributed by atoms with Crippen LogP contribution in [0.3, 0.4) is 0 Å². The van der Waals surface area contributed by atoms with E-state index in [9.17, 15) is 5.11 Å². The molecule has 0 aliphatic rings. The van der Waals surface area contributed by atoms with Gasteiger partial charge in [0, 0.05) is 25.3 Å².